The number of rotatable bonds is 15. The highest BCUT2D eigenvalue weighted by atomic mass is 28.4. The van der Waals surface area contributed by atoms with Gasteiger partial charge in [-0.25, -0.2) is 0 Å². The van der Waals surface area contributed by atoms with Crippen LogP contribution in [0.25, 0.3) is 0 Å². The first-order chi connectivity index (χ1) is 11.6. The Morgan fingerprint density at radius 1 is 0.792 bits per heavy atom. The van der Waals surface area contributed by atoms with Gasteiger partial charge in [-0.1, -0.05) is 0 Å². The maximum Gasteiger partial charge on any atom is 0.500 e. The number of hydrogen-bond acceptors (Lipinski definition) is 8. The third-order valence-electron chi connectivity index (χ3n) is 3.03. The Hall–Kier alpha value is -0.103. The van der Waals surface area contributed by atoms with E-state index in [4.69, 9.17) is 34.3 Å². The van der Waals surface area contributed by atoms with Gasteiger partial charge in [0, 0.05) is 45.5 Å². The van der Waals surface area contributed by atoms with E-state index in [2.05, 4.69) is 0 Å². The fourth-order valence-electron chi connectivity index (χ4n) is 2.08. The van der Waals surface area contributed by atoms with E-state index in [0.717, 1.165) is 12.5 Å². The summed E-state index contributed by atoms with van der Waals surface area (Å²) >= 11 is 0. The molecule has 0 saturated heterocycles. The van der Waals surface area contributed by atoms with Crippen molar-refractivity contribution in [2.24, 2.45) is 5.73 Å². The van der Waals surface area contributed by atoms with Gasteiger partial charge < -0.3 is 34.3 Å². The van der Waals surface area contributed by atoms with Crippen molar-refractivity contribution < 1.29 is 28.6 Å². The van der Waals surface area contributed by atoms with Crippen LogP contribution in [0.5, 0.6) is 0 Å². The quantitative estimate of drug-likeness (QED) is 0.289. The van der Waals surface area contributed by atoms with Gasteiger partial charge in [0.15, 0.2) is 0 Å². The molecule has 0 rings (SSSR count). The van der Waals surface area contributed by atoms with E-state index in [-0.39, 0.29) is 19.8 Å². The second-order valence-corrected chi connectivity index (χ2v) is 7.62. The molecule has 8 nitrogen and oxygen atoms in total. The van der Waals surface area contributed by atoms with Gasteiger partial charge in [0.2, 0.25) is 0 Å². The second-order valence-electron chi connectivity index (χ2n) is 4.89. The third-order valence-corrected chi connectivity index (χ3v) is 6.18. The molecule has 0 amide bonds. The molecule has 0 aliphatic heterocycles. The van der Waals surface area contributed by atoms with Gasteiger partial charge >= 0.3 is 8.80 Å². The van der Waals surface area contributed by atoms with Crippen molar-refractivity contribution in [2.75, 3.05) is 65.8 Å². The Morgan fingerprint density at radius 3 is 1.42 bits per heavy atom. The summed E-state index contributed by atoms with van der Waals surface area (Å²) in [5, 5.41) is 25.5. The smallest absolute Gasteiger partial charge is 0.395 e. The Bertz CT molecular complexity index is 221. The summed E-state index contributed by atoms with van der Waals surface area (Å²) in [6.07, 6.45) is 0.895. The van der Waals surface area contributed by atoms with Crippen molar-refractivity contribution in [2.45, 2.75) is 33.2 Å². The van der Waals surface area contributed by atoms with Crippen molar-refractivity contribution >= 4 is 8.80 Å². The summed E-state index contributed by atoms with van der Waals surface area (Å²) in [6.45, 7) is 10.2. The first kappa shape index (κ1) is 26.1. The molecule has 5 N–H and O–H groups in total. The lowest BCUT2D eigenvalue weighted by Crippen LogP contribution is -2.46. The Morgan fingerprint density at radius 2 is 1.17 bits per heavy atom. The summed E-state index contributed by atoms with van der Waals surface area (Å²) in [6, 6.07) is 0.818. The number of nitrogens with zero attached hydrogens (tertiary/aromatic N) is 1. The van der Waals surface area contributed by atoms with Crippen molar-refractivity contribution in [1.29, 1.82) is 0 Å². The van der Waals surface area contributed by atoms with Crippen molar-refractivity contribution in [1.82, 2.24) is 4.90 Å². The minimum Gasteiger partial charge on any atom is -0.395 e. The first-order valence-corrected chi connectivity index (χ1v) is 10.7. The van der Waals surface area contributed by atoms with Crippen LogP contribution in [0.1, 0.15) is 27.2 Å². The average molecular weight is 371 g/mol. The van der Waals surface area contributed by atoms with Gasteiger partial charge in [-0.05, 0) is 33.7 Å². The maximum atomic E-state index is 8.48. The average Bonchev–Trinajstić information content (AvgIpc) is 2.55. The van der Waals surface area contributed by atoms with Gasteiger partial charge in [0.25, 0.3) is 0 Å². The van der Waals surface area contributed by atoms with E-state index in [9.17, 15) is 0 Å². The molecule has 0 radical (unpaired) electrons. The summed E-state index contributed by atoms with van der Waals surface area (Å²) in [5.41, 5.74) is 5.48. The zero-order valence-electron chi connectivity index (χ0n) is 15.6. The van der Waals surface area contributed by atoms with Gasteiger partial charge in [0.1, 0.15) is 0 Å². The van der Waals surface area contributed by atoms with Crippen LogP contribution in [0.3, 0.4) is 0 Å². The van der Waals surface area contributed by atoms with Crippen LogP contribution in [0, 0.1) is 0 Å². The van der Waals surface area contributed by atoms with Crippen molar-refractivity contribution in [3.8, 4) is 0 Å². The van der Waals surface area contributed by atoms with Crippen molar-refractivity contribution in [3.05, 3.63) is 0 Å². The predicted molar refractivity (Wildman–Crippen MR) is 96.8 cm³/mol. The largest absolute Gasteiger partial charge is 0.500 e. The molecular weight excluding hydrogens is 332 g/mol. The van der Waals surface area contributed by atoms with Crippen LogP contribution < -0.4 is 5.73 Å². The lowest BCUT2D eigenvalue weighted by molar-refractivity contribution is 0.0710. The molecular formula is C15H38N2O6Si. The minimum atomic E-state index is -2.40. The molecule has 0 spiro atoms. The monoisotopic (exact) mass is 370 g/mol. The van der Waals surface area contributed by atoms with Gasteiger partial charge in [-0.2, -0.15) is 0 Å². The summed E-state index contributed by atoms with van der Waals surface area (Å²) in [5.74, 6) is 0. The standard InChI is InChI=1S/C9H23NO3Si.C6H15NO3/c1-4-11-14(12-5-2,13-6-3)9-7-8-10;8-4-1-7(2-5-9)3-6-10/h4-10H2,1-3H3;8-10H,1-6H2. The molecule has 0 aromatic carbocycles. The lowest BCUT2D eigenvalue weighted by atomic mass is 10.4. The molecule has 0 fully saturated rings. The molecule has 0 aliphatic rings. The van der Waals surface area contributed by atoms with E-state index in [1.54, 1.807) is 4.90 Å². The maximum absolute atomic E-state index is 8.48. The molecule has 0 unspecified atom stereocenters. The normalized spacial score (nSPS) is 11.5. The fraction of sp³-hybridized carbons (Fsp3) is 1.00. The zero-order chi connectivity index (χ0) is 18.7. The molecule has 0 bridgehead atoms. The van der Waals surface area contributed by atoms with E-state index < -0.39 is 8.80 Å². The second kappa shape index (κ2) is 19.2. The number of hydrogen-bond donors (Lipinski definition) is 4. The van der Waals surface area contributed by atoms with E-state index in [1.165, 1.54) is 0 Å². The van der Waals surface area contributed by atoms with Gasteiger partial charge in [-0.3, -0.25) is 4.90 Å². The fourth-order valence-corrected chi connectivity index (χ4v) is 4.72. The van der Waals surface area contributed by atoms with Gasteiger partial charge in [0.05, 0.1) is 19.8 Å². The SMILES string of the molecule is CCO[Si](CCCN)(OCC)OCC.OCCN(CCO)CCO. The molecule has 9 heteroatoms. The molecule has 0 aromatic rings. The number of nitrogens with two attached hydrogens (primary N) is 1. The molecule has 24 heavy (non-hydrogen) atoms. The van der Waals surface area contributed by atoms with Crippen LogP contribution >= 0.6 is 0 Å². The molecule has 0 aliphatic carbocycles. The Labute approximate surface area is 147 Å². The van der Waals surface area contributed by atoms with Crippen molar-refractivity contribution in [3.63, 3.8) is 0 Å². The molecule has 0 heterocycles. The highest BCUT2D eigenvalue weighted by molar-refractivity contribution is 6.60. The van der Waals surface area contributed by atoms with Crippen LogP contribution in [0.2, 0.25) is 6.04 Å². The zero-order valence-corrected chi connectivity index (χ0v) is 16.6. The topological polar surface area (TPSA) is 118 Å². The van der Waals surface area contributed by atoms with E-state index in [1.807, 2.05) is 20.8 Å². The molecule has 0 atom stereocenters. The summed E-state index contributed by atoms with van der Waals surface area (Å²) in [4.78, 5) is 1.79. The van der Waals surface area contributed by atoms with E-state index >= 15 is 0 Å². The molecule has 0 aromatic heterocycles. The summed E-state index contributed by atoms with van der Waals surface area (Å²) < 4.78 is 17.0. The van der Waals surface area contributed by atoms with Crippen LogP contribution in [0.15, 0.2) is 0 Å². The lowest BCUT2D eigenvalue weighted by Gasteiger charge is -2.28. The Kier molecular flexibility index (Phi) is 20.9. The Balaban J connectivity index is 0. The molecule has 0 saturated carbocycles. The van der Waals surface area contributed by atoms with Crippen LogP contribution in [-0.4, -0.2) is 94.8 Å². The number of aliphatic hydroxyl groups is 3. The highest BCUT2D eigenvalue weighted by Gasteiger charge is 2.39. The van der Waals surface area contributed by atoms with Crippen LogP contribution in [-0.2, 0) is 13.3 Å². The highest BCUT2D eigenvalue weighted by Crippen LogP contribution is 2.17. The van der Waals surface area contributed by atoms with Crippen LogP contribution in [0.4, 0.5) is 0 Å². The van der Waals surface area contributed by atoms with Gasteiger partial charge in [-0.15, -0.1) is 0 Å². The predicted octanol–water partition coefficient (Wildman–Crippen LogP) is -0.351. The third kappa shape index (κ3) is 14.3. The minimum absolute atomic E-state index is 0.0694. The number of aliphatic hydroxyl groups excluding tert-OH is 3. The first-order valence-electron chi connectivity index (χ1n) is 8.76. The summed E-state index contributed by atoms with van der Waals surface area (Å²) in [7, 11) is -2.40. The molecule has 148 valence electrons. The van der Waals surface area contributed by atoms with E-state index in [0.29, 0.717) is 46.0 Å².